The van der Waals surface area contributed by atoms with Gasteiger partial charge in [0.05, 0.1) is 34.1 Å². The summed E-state index contributed by atoms with van der Waals surface area (Å²) in [4.78, 5) is 25.1. The van der Waals surface area contributed by atoms with E-state index in [9.17, 15) is 13.8 Å². The van der Waals surface area contributed by atoms with Gasteiger partial charge in [0.1, 0.15) is 5.75 Å². The third-order valence-electron chi connectivity index (χ3n) is 3.63. The smallest absolute Gasteiger partial charge is 0.340 e. The fourth-order valence-corrected chi connectivity index (χ4v) is 3.19. The van der Waals surface area contributed by atoms with E-state index in [1.807, 2.05) is 0 Å². The van der Waals surface area contributed by atoms with Gasteiger partial charge in [-0.3, -0.25) is 9.00 Å². The molecule has 2 rings (SSSR count). The summed E-state index contributed by atoms with van der Waals surface area (Å²) in [5, 5.41) is 2.67. The van der Waals surface area contributed by atoms with Crippen molar-refractivity contribution in [1.82, 2.24) is 0 Å². The molecule has 138 valence electrons. The molecule has 0 radical (unpaired) electrons. The minimum absolute atomic E-state index is 0.199. The molecule has 0 aliphatic rings. The quantitative estimate of drug-likeness (QED) is 0.753. The molecule has 0 bridgehead atoms. The van der Waals surface area contributed by atoms with Crippen molar-refractivity contribution < 1.29 is 23.3 Å². The molecule has 2 aromatic carbocycles. The van der Waals surface area contributed by atoms with Crippen LogP contribution in [0.4, 0.5) is 5.69 Å². The normalized spacial score (nSPS) is 12.7. The zero-order chi connectivity index (χ0) is 19.1. The third-order valence-corrected chi connectivity index (χ3v) is 5.00. The number of methoxy groups -OCH3 is 1. The van der Waals surface area contributed by atoms with Gasteiger partial charge in [-0.05, 0) is 31.2 Å². The minimum atomic E-state index is -1.30. The van der Waals surface area contributed by atoms with Gasteiger partial charge in [0.2, 0.25) is 0 Å². The average molecular weight is 375 g/mol. The van der Waals surface area contributed by atoms with E-state index in [0.717, 1.165) is 0 Å². The van der Waals surface area contributed by atoms with Crippen LogP contribution in [0.1, 0.15) is 24.2 Å². The second-order valence-corrected chi connectivity index (χ2v) is 7.08. The lowest BCUT2D eigenvalue weighted by atomic mass is 10.2. The molecular weight excluding hydrogens is 354 g/mol. The highest BCUT2D eigenvalue weighted by Gasteiger charge is 2.22. The fraction of sp³-hybridized carbons (Fsp3) is 0.263. The second-order valence-electron chi connectivity index (χ2n) is 5.37. The van der Waals surface area contributed by atoms with Gasteiger partial charge in [-0.2, -0.15) is 0 Å². The van der Waals surface area contributed by atoms with Crippen molar-refractivity contribution in [3.63, 3.8) is 0 Å². The molecule has 1 N–H and O–H groups in total. The van der Waals surface area contributed by atoms with Crippen molar-refractivity contribution in [2.24, 2.45) is 0 Å². The number of amides is 1. The van der Waals surface area contributed by atoms with Crippen molar-refractivity contribution >= 4 is 28.4 Å². The van der Waals surface area contributed by atoms with Crippen LogP contribution in [0.25, 0.3) is 0 Å². The van der Waals surface area contributed by atoms with Crippen molar-refractivity contribution in [2.45, 2.75) is 24.8 Å². The molecule has 6 nitrogen and oxygen atoms in total. The number of ether oxygens (including phenoxy) is 2. The lowest BCUT2D eigenvalue weighted by Gasteiger charge is -2.16. The minimum Gasteiger partial charge on any atom is -0.495 e. The maximum atomic E-state index is 12.4. The van der Waals surface area contributed by atoms with Crippen LogP contribution in [0.2, 0.25) is 0 Å². The number of nitrogens with one attached hydrogen (secondary N) is 1. The van der Waals surface area contributed by atoms with Gasteiger partial charge in [0.25, 0.3) is 5.91 Å². The zero-order valence-electron chi connectivity index (χ0n) is 14.9. The first-order valence-corrected chi connectivity index (χ1v) is 9.42. The van der Waals surface area contributed by atoms with E-state index < -0.39 is 28.8 Å². The van der Waals surface area contributed by atoms with Crippen LogP contribution in [-0.2, 0) is 20.3 Å². The summed E-state index contributed by atoms with van der Waals surface area (Å²) in [5.74, 6) is -0.293. The van der Waals surface area contributed by atoms with E-state index >= 15 is 0 Å². The molecular formula is C19H21NO5S. The van der Waals surface area contributed by atoms with Gasteiger partial charge in [-0.1, -0.05) is 31.2 Å². The SMILES string of the molecule is CC[S@](=O)c1ccccc1C(=O)O[C@H](C)C(=O)Nc1ccccc1OC. The Kier molecular flexibility index (Phi) is 6.91. The summed E-state index contributed by atoms with van der Waals surface area (Å²) in [5.41, 5.74) is 0.681. The first-order chi connectivity index (χ1) is 12.5. The summed E-state index contributed by atoms with van der Waals surface area (Å²) >= 11 is 0. The number of hydrogen-bond donors (Lipinski definition) is 1. The number of rotatable bonds is 7. The van der Waals surface area contributed by atoms with E-state index in [4.69, 9.17) is 9.47 Å². The van der Waals surface area contributed by atoms with E-state index in [1.165, 1.54) is 20.1 Å². The molecule has 0 saturated heterocycles. The Bertz CT molecular complexity index is 821. The van der Waals surface area contributed by atoms with Crippen LogP contribution in [-0.4, -0.2) is 35.1 Å². The van der Waals surface area contributed by atoms with Crippen LogP contribution < -0.4 is 10.1 Å². The summed E-state index contributed by atoms with van der Waals surface area (Å²) in [6.07, 6.45) is -1.03. The monoisotopic (exact) mass is 375 g/mol. The molecule has 0 aromatic heterocycles. The predicted molar refractivity (Wildman–Crippen MR) is 99.9 cm³/mol. The van der Waals surface area contributed by atoms with Gasteiger partial charge in [-0.15, -0.1) is 0 Å². The van der Waals surface area contributed by atoms with Crippen LogP contribution in [0.3, 0.4) is 0 Å². The van der Waals surface area contributed by atoms with E-state index in [0.29, 0.717) is 22.1 Å². The van der Waals surface area contributed by atoms with Crippen molar-refractivity contribution in [1.29, 1.82) is 0 Å². The van der Waals surface area contributed by atoms with Gasteiger partial charge >= 0.3 is 5.97 Å². The average Bonchev–Trinajstić information content (AvgIpc) is 2.67. The molecule has 26 heavy (non-hydrogen) atoms. The van der Waals surface area contributed by atoms with Crippen LogP contribution in [0.5, 0.6) is 5.75 Å². The number of esters is 1. The Morgan fingerprint density at radius 1 is 1.12 bits per heavy atom. The largest absolute Gasteiger partial charge is 0.495 e. The van der Waals surface area contributed by atoms with Crippen molar-refractivity contribution in [3.8, 4) is 5.75 Å². The molecule has 0 heterocycles. The Balaban J connectivity index is 2.10. The van der Waals surface area contributed by atoms with E-state index in [2.05, 4.69) is 5.32 Å². The standard InChI is InChI=1S/C19H21NO5S/c1-4-26(23)17-12-8-5-9-14(17)19(22)25-13(2)18(21)20-15-10-6-7-11-16(15)24-3/h5-13H,4H2,1-3H3,(H,20,21)/t13-,26+/m1/s1. The van der Waals surface area contributed by atoms with Gasteiger partial charge < -0.3 is 14.8 Å². The second kappa shape index (κ2) is 9.15. The molecule has 0 aliphatic carbocycles. The van der Waals surface area contributed by atoms with Gasteiger partial charge in [0.15, 0.2) is 6.10 Å². The Morgan fingerprint density at radius 3 is 2.46 bits per heavy atom. The Hall–Kier alpha value is -2.67. The first kappa shape index (κ1) is 19.7. The zero-order valence-corrected chi connectivity index (χ0v) is 15.7. The van der Waals surface area contributed by atoms with Gasteiger partial charge in [-0.25, -0.2) is 4.79 Å². The maximum absolute atomic E-state index is 12.4. The summed E-state index contributed by atoms with van der Waals surface area (Å²) < 4.78 is 22.5. The first-order valence-electron chi connectivity index (χ1n) is 8.10. The molecule has 2 aromatic rings. The number of carbonyl (C=O) groups is 2. The molecule has 0 unspecified atom stereocenters. The molecule has 7 heteroatoms. The number of benzene rings is 2. The molecule has 0 fully saturated rings. The highest BCUT2D eigenvalue weighted by atomic mass is 32.2. The molecule has 0 aliphatic heterocycles. The predicted octanol–water partition coefficient (Wildman–Crippen LogP) is 3.01. The number of carbonyl (C=O) groups excluding carboxylic acids is 2. The van der Waals surface area contributed by atoms with Crippen LogP contribution in [0, 0.1) is 0 Å². The molecule has 0 spiro atoms. The number of hydrogen-bond acceptors (Lipinski definition) is 5. The third kappa shape index (κ3) is 4.70. The Morgan fingerprint density at radius 2 is 1.77 bits per heavy atom. The fourth-order valence-electron chi connectivity index (χ4n) is 2.25. The lowest BCUT2D eigenvalue weighted by Crippen LogP contribution is -2.30. The number of para-hydroxylation sites is 2. The van der Waals surface area contributed by atoms with Crippen molar-refractivity contribution in [2.75, 3.05) is 18.2 Å². The topological polar surface area (TPSA) is 81.7 Å². The summed E-state index contributed by atoms with van der Waals surface area (Å²) in [7, 11) is 0.197. The van der Waals surface area contributed by atoms with Gasteiger partial charge in [0, 0.05) is 5.75 Å². The maximum Gasteiger partial charge on any atom is 0.340 e. The molecule has 2 atom stereocenters. The van der Waals surface area contributed by atoms with Crippen LogP contribution in [0.15, 0.2) is 53.4 Å². The molecule has 0 saturated carbocycles. The Labute approximate surface area is 155 Å². The molecule has 1 amide bonds. The van der Waals surface area contributed by atoms with Crippen molar-refractivity contribution in [3.05, 3.63) is 54.1 Å². The number of anilines is 1. The van der Waals surface area contributed by atoms with E-state index in [-0.39, 0.29) is 5.56 Å². The highest BCUT2D eigenvalue weighted by Crippen LogP contribution is 2.23. The van der Waals surface area contributed by atoms with E-state index in [1.54, 1.807) is 49.4 Å². The lowest BCUT2D eigenvalue weighted by molar-refractivity contribution is -0.123. The summed E-state index contributed by atoms with van der Waals surface area (Å²) in [6, 6.07) is 13.5. The van der Waals surface area contributed by atoms with Crippen LogP contribution >= 0.6 is 0 Å². The summed E-state index contributed by atoms with van der Waals surface area (Å²) in [6.45, 7) is 3.24. The highest BCUT2D eigenvalue weighted by molar-refractivity contribution is 7.85.